The smallest absolute Gasteiger partial charge is 0.424 e. The highest BCUT2D eigenvalue weighted by Crippen LogP contribution is 2.27. The number of nitrogens with zero attached hydrogens (tertiary/aromatic N) is 1. The van der Waals surface area contributed by atoms with E-state index < -0.39 is 23.4 Å². The van der Waals surface area contributed by atoms with Crippen molar-refractivity contribution < 1.29 is 23.5 Å². The van der Waals surface area contributed by atoms with Crippen LogP contribution in [0.15, 0.2) is 47.1 Å². The highest BCUT2D eigenvalue weighted by molar-refractivity contribution is 6.09. The van der Waals surface area contributed by atoms with Crippen molar-refractivity contribution >= 4 is 17.9 Å². The Hall–Kier alpha value is -2.76. The van der Waals surface area contributed by atoms with Crippen LogP contribution in [0.2, 0.25) is 0 Å². The third-order valence-corrected chi connectivity index (χ3v) is 3.06. The molecule has 6 heteroatoms. The number of rotatable bonds is 2. The summed E-state index contributed by atoms with van der Waals surface area (Å²) >= 11 is 0. The van der Waals surface area contributed by atoms with Crippen molar-refractivity contribution in [2.24, 2.45) is 0 Å². The summed E-state index contributed by atoms with van der Waals surface area (Å²) in [6, 6.07) is 10.4. The predicted molar refractivity (Wildman–Crippen MR) is 99.1 cm³/mol. The van der Waals surface area contributed by atoms with Gasteiger partial charge in [0.15, 0.2) is 0 Å². The lowest BCUT2D eigenvalue weighted by atomic mass is 10.1. The van der Waals surface area contributed by atoms with E-state index in [0.29, 0.717) is 11.4 Å². The summed E-state index contributed by atoms with van der Waals surface area (Å²) in [5.74, 6) is 0.625. The van der Waals surface area contributed by atoms with Gasteiger partial charge in [-0.1, -0.05) is 12.1 Å². The standard InChI is InChI=1S/C20H25NO5/c1-19(2,3)25-17(22)21(18(23)26-20(4,5)6)15-10-7-9-14(13-15)16-11-8-12-24-16/h7-13H,1-6H3. The Balaban J connectivity index is 2.41. The minimum Gasteiger partial charge on any atom is -0.464 e. The molecule has 0 fully saturated rings. The Bertz CT molecular complexity index is 738. The summed E-state index contributed by atoms with van der Waals surface area (Å²) in [4.78, 5) is 26.2. The number of benzene rings is 1. The zero-order valence-electron chi connectivity index (χ0n) is 16.0. The highest BCUT2D eigenvalue weighted by Gasteiger charge is 2.32. The first-order valence-corrected chi connectivity index (χ1v) is 8.36. The van der Waals surface area contributed by atoms with Crippen molar-refractivity contribution in [3.8, 4) is 11.3 Å². The van der Waals surface area contributed by atoms with E-state index in [1.54, 1.807) is 78.1 Å². The first-order chi connectivity index (χ1) is 12.0. The van der Waals surface area contributed by atoms with Gasteiger partial charge in [-0.2, -0.15) is 4.90 Å². The number of ether oxygens (including phenoxy) is 2. The third-order valence-electron chi connectivity index (χ3n) is 3.06. The lowest BCUT2D eigenvalue weighted by Gasteiger charge is -2.28. The van der Waals surface area contributed by atoms with Gasteiger partial charge >= 0.3 is 12.2 Å². The van der Waals surface area contributed by atoms with Gasteiger partial charge in [0.25, 0.3) is 0 Å². The quantitative estimate of drug-likeness (QED) is 0.696. The van der Waals surface area contributed by atoms with Gasteiger partial charge in [0.05, 0.1) is 12.0 Å². The molecule has 2 rings (SSSR count). The molecule has 0 aliphatic carbocycles. The fraction of sp³-hybridized carbons (Fsp3) is 0.400. The third kappa shape index (κ3) is 5.37. The molecule has 0 unspecified atom stereocenters. The van der Waals surface area contributed by atoms with Crippen LogP contribution < -0.4 is 4.90 Å². The molecule has 2 aromatic rings. The van der Waals surface area contributed by atoms with Crippen molar-refractivity contribution in [2.75, 3.05) is 4.90 Å². The highest BCUT2D eigenvalue weighted by atomic mass is 16.6. The summed E-state index contributed by atoms with van der Waals surface area (Å²) in [7, 11) is 0. The summed E-state index contributed by atoms with van der Waals surface area (Å²) in [5, 5.41) is 0. The van der Waals surface area contributed by atoms with E-state index in [-0.39, 0.29) is 0 Å². The zero-order valence-corrected chi connectivity index (χ0v) is 16.0. The normalized spacial score (nSPS) is 11.8. The Labute approximate surface area is 153 Å². The number of carbonyl (C=O) groups is 2. The number of amides is 2. The molecule has 0 aliphatic rings. The fourth-order valence-corrected chi connectivity index (χ4v) is 2.14. The van der Waals surface area contributed by atoms with Gasteiger partial charge in [0.1, 0.15) is 17.0 Å². The Morgan fingerprint density at radius 3 is 1.92 bits per heavy atom. The van der Waals surface area contributed by atoms with Gasteiger partial charge in [-0.25, -0.2) is 9.59 Å². The number of hydrogen-bond acceptors (Lipinski definition) is 5. The predicted octanol–water partition coefficient (Wildman–Crippen LogP) is 5.62. The van der Waals surface area contributed by atoms with Crippen LogP contribution in [-0.2, 0) is 9.47 Å². The Kier molecular flexibility index (Phi) is 5.44. The van der Waals surface area contributed by atoms with Gasteiger partial charge in [0, 0.05) is 5.56 Å². The van der Waals surface area contributed by atoms with Gasteiger partial charge in [-0.3, -0.25) is 0 Å². The van der Waals surface area contributed by atoms with E-state index in [1.165, 1.54) is 0 Å². The van der Waals surface area contributed by atoms with E-state index in [0.717, 1.165) is 10.5 Å². The molecule has 26 heavy (non-hydrogen) atoms. The van der Waals surface area contributed by atoms with Crippen LogP contribution in [0.3, 0.4) is 0 Å². The average molecular weight is 359 g/mol. The minimum atomic E-state index is -0.802. The van der Waals surface area contributed by atoms with Gasteiger partial charge < -0.3 is 13.9 Å². The Morgan fingerprint density at radius 2 is 1.46 bits per heavy atom. The number of furan rings is 1. The first kappa shape index (κ1) is 19.6. The molecule has 2 amide bonds. The second-order valence-corrected chi connectivity index (χ2v) is 7.82. The van der Waals surface area contributed by atoms with Crippen LogP contribution in [0.1, 0.15) is 41.5 Å². The number of imide groups is 1. The molecule has 1 heterocycles. The van der Waals surface area contributed by atoms with Crippen molar-refractivity contribution in [2.45, 2.75) is 52.7 Å². The molecule has 0 saturated heterocycles. The summed E-state index contributed by atoms with van der Waals surface area (Å²) in [5.41, 5.74) is -0.446. The first-order valence-electron chi connectivity index (χ1n) is 8.36. The molecule has 0 saturated carbocycles. The van der Waals surface area contributed by atoms with E-state index in [4.69, 9.17) is 13.9 Å². The number of anilines is 1. The summed E-state index contributed by atoms with van der Waals surface area (Å²) < 4.78 is 16.2. The van der Waals surface area contributed by atoms with Crippen LogP contribution in [0.25, 0.3) is 11.3 Å². The lowest BCUT2D eigenvalue weighted by molar-refractivity contribution is 0.0431. The maximum atomic E-state index is 12.7. The van der Waals surface area contributed by atoms with Crippen molar-refractivity contribution in [1.82, 2.24) is 0 Å². The van der Waals surface area contributed by atoms with Gasteiger partial charge in [-0.15, -0.1) is 0 Å². The lowest BCUT2D eigenvalue weighted by Crippen LogP contribution is -2.43. The molecular weight excluding hydrogens is 334 g/mol. The Morgan fingerprint density at radius 1 is 0.885 bits per heavy atom. The van der Waals surface area contributed by atoms with Crippen LogP contribution in [-0.4, -0.2) is 23.4 Å². The monoisotopic (exact) mass is 359 g/mol. The molecule has 0 aliphatic heterocycles. The molecule has 0 spiro atoms. The molecule has 6 nitrogen and oxygen atoms in total. The molecule has 0 bridgehead atoms. The maximum Gasteiger partial charge on any atom is 0.424 e. The molecule has 0 atom stereocenters. The number of hydrogen-bond donors (Lipinski definition) is 0. The van der Waals surface area contributed by atoms with Crippen molar-refractivity contribution in [3.05, 3.63) is 42.7 Å². The largest absolute Gasteiger partial charge is 0.464 e. The second-order valence-electron chi connectivity index (χ2n) is 7.82. The molecule has 1 aromatic carbocycles. The van der Waals surface area contributed by atoms with E-state index in [9.17, 15) is 9.59 Å². The van der Waals surface area contributed by atoms with Crippen molar-refractivity contribution in [3.63, 3.8) is 0 Å². The van der Waals surface area contributed by atoms with Gasteiger partial charge in [-0.05, 0) is 65.8 Å². The van der Waals surface area contributed by atoms with E-state index in [1.807, 2.05) is 6.07 Å². The molecular formula is C20H25NO5. The van der Waals surface area contributed by atoms with Gasteiger partial charge in [0.2, 0.25) is 0 Å². The molecule has 0 N–H and O–H groups in total. The average Bonchev–Trinajstić information content (AvgIpc) is 2.97. The van der Waals surface area contributed by atoms with Crippen molar-refractivity contribution in [1.29, 1.82) is 0 Å². The summed E-state index contributed by atoms with van der Waals surface area (Å²) in [6.07, 6.45) is -0.0479. The maximum absolute atomic E-state index is 12.7. The van der Waals surface area contributed by atoms with Crippen LogP contribution in [0, 0.1) is 0 Å². The zero-order chi connectivity index (χ0) is 19.5. The van der Waals surface area contributed by atoms with E-state index >= 15 is 0 Å². The van der Waals surface area contributed by atoms with E-state index in [2.05, 4.69) is 0 Å². The second kappa shape index (κ2) is 7.23. The SMILES string of the molecule is CC(C)(C)OC(=O)N(C(=O)OC(C)(C)C)c1cccc(-c2ccco2)c1. The van der Waals surface area contributed by atoms with Crippen LogP contribution in [0.5, 0.6) is 0 Å². The minimum absolute atomic E-state index is 0.336. The van der Waals surface area contributed by atoms with Crippen LogP contribution in [0.4, 0.5) is 15.3 Å². The summed E-state index contributed by atoms with van der Waals surface area (Å²) in [6.45, 7) is 10.4. The fourth-order valence-electron chi connectivity index (χ4n) is 2.14. The topological polar surface area (TPSA) is 69.0 Å². The van der Waals surface area contributed by atoms with Crippen LogP contribution >= 0.6 is 0 Å². The molecule has 1 aromatic heterocycles. The molecule has 140 valence electrons. The number of carbonyl (C=O) groups excluding carboxylic acids is 2. The molecule has 0 radical (unpaired) electrons.